The quantitative estimate of drug-likeness (QED) is 0.600. The van der Waals surface area contributed by atoms with E-state index in [0.29, 0.717) is 16.3 Å². The second-order valence-electron chi connectivity index (χ2n) is 3.57. The van der Waals surface area contributed by atoms with E-state index in [1.807, 2.05) is 0 Å². The van der Waals surface area contributed by atoms with Crippen LogP contribution in [-0.4, -0.2) is 23.9 Å². The number of hydrogen-bond donors (Lipinski definition) is 0. The fourth-order valence-electron chi connectivity index (χ4n) is 1.71. The lowest BCUT2D eigenvalue weighted by atomic mass is 10.0. The highest BCUT2D eigenvalue weighted by molar-refractivity contribution is 6.51. The van der Waals surface area contributed by atoms with Crippen LogP contribution in [-0.2, 0) is 9.53 Å². The van der Waals surface area contributed by atoms with Crippen LogP contribution in [0.4, 0.5) is 5.69 Å². The third-order valence-electron chi connectivity index (χ3n) is 2.50. The largest absolute Gasteiger partial charge is 0.462 e. The molecule has 0 saturated carbocycles. The zero-order valence-corrected chi connectivity index (χ0v) is 10.0. The van der Waals surface area contributed by atoms with Gasteiger partial charge in [0.05, 0.1) is 17.2 Å². The number of ether oxygens (including phenoxy) is 1. The average molecular weight is 253 g/mol. The van der Waals surface area contributed by atoms with Crippen LogP contribution in [0.2, 0.25) is 0 Å². The molecule has 17 heavy (non-hydrogen) atoms. The van der Waals surface area contributed by atoms with Crippen molar-refractivity contribution in [1.82, 2.24) is 0 Å². The SMILES string of the molecule is CCOC(=O)C1=C(Cl)c2ccccc2[N+](=O)C1. The summed E-state index contributed by atoms with van der Waals surface area (Å²) in [6.07, 6.45) is 0. The molecule has 0 radical (unpaired) electrons. The number of carbonyl (C=O) groups is 1. The summed E-state index contributed by atoms with van der Waals surface area (Å²) in [5.74, 6) is -0.534. The van der Waals surface area contributed by atoms with Gasteiger partial charge in [-0.25, -0.2) is 4.79 Å². The Hall–Kier alpha value is -1.68. The van der Waals surface area contributed by atoms with Gasteiger partial charge in [0.2, 0.25) is 6.54 Å². The highest BCUT2D eigenvalue weighted by Crippen LogP contribution is 2.35. The summed E-state index contributed by atoms with van der Waals surface area (Å²) < 4.78 is 5.61. The number of hydrogen-bond acceptors (Lipinski definition) is 3. The topological polar surface area (TPSA) is 46.4 Å². The van der Waals surface area contributed by atoms with Crippen LogP contribution in [0.5, 0.6) is 0 Å². The first-order valence-electron chi connectivity index (χ1n) is 5.25. The summed E-state index contributed by atoms with van der Waals surface area (Å²) in [4.78, 5) is 23.4. The molecule has 0 aromatic heterocycles. The third kappa shape index (κ3) is 2.08. The fraction of sp³-hybridized carbons (Fsp3) is 0.250. The Bertz CT molecular complexity index is 522. The van der Waals surface area contributed by atoms with Gasteiger partial charge in [-0.3, -0.25) is 0 Å². The number of para-hydroxylation sites is 1. The molecule has 1 aliphatic rings. The molecule has 1 aromatic rings. The average Bonchev–Trinajstić information content (AvgIpc) is 2.34. The van der Waals surface area contributed by atoms with Crippen molar-refractivity contribution in [3.63, 3.8) is 0 Å². The normalized spacial score (nSPS) is 14.6. The summed E-state index contributed by atoms with van der Waals surface area (Å²) in [5.41, 5.74) is 1.26. The molecule has 0 aliphatic carbocycles. The fourth-order valence-corrected chi connectivity index (χ4v) is 2.01. The van der Waals surface area contributed by atoms with Crippen LogP contribution in [0, 0.1) is 4.91 Å². The zero-order chi connectivity index (χ0) is 12.4. The van der Waals surface area contributed by atoms with Crippen molar-refractivity contribution < 1.29 is 14.3 Å². The van der Waals surface area contributed by atoms with Gasteiger partial charge < -0.3 is 4.74 Å². The van der Waals surface area contributed by atoms with Crippen LogP contribution < -0.4 is 0 Å². The van der Waals surface area contributed by atoms with Crippen LogP contribution in [0.3, 0.4) is 0 Å². The van der Waals surface area contributed by atoms with E-state index in [0.717, 1.165) is 4.76 Å². The van der Waals surface area contributed by atoms with E-state index in [1.165, 1.54) is 0 Å². The lowest BCUT2D eigenvalue weighted by Crippen LogP contribution is -2.21. The maximum atomic E-state index is 11.8. The first kappa shape index (κ1) is 11.8. The number of rotatable bonds is 2. The number of benzene rings is 1. The predicted molar refractivity (Wildman–Crippen MR) is 64.0 cm³/mol. The third-order valence-corrected chi connectivity index (χ3v) is 2.93. The molecule has 4 nitrogen and oxygen atoms in total. The molecule has 0 bridgehead atoms. The lowest BCUT2D eigenvalue weighted by molar-refractivity contribution is -0.454. The molecule has 0 fully saturated rings. The molecule has 0 saturated heterocycles. The number of halogens is 1. The van der Waals surface area contributed by atoms with Gasteiger partial charge >= 0.3 is 5.97 Å². The first-order valence-corrected chi connectivity index (χ1v) is 5.62. The summed E-state index contributed by atoms with van der Waals surface area (Å²) in [6, 6.07) is 6.90. The van der Waals surface area contributed by atoms with Crippen molar-refractivity contribution in [2.75, 3.05) is 13.2 Å². The highest BCUT2D eigenvalue weighted by atomic mass is 35.5. The van der Waals surface area contributed by atoms with Gasteiger partial charge in [0, 0.05) is 15.7 Å². The van der Waals surface area contributed by atoms with Crippen molar-refractivity contribution in [2.24, 2.45) is 0 Å². The van der Waals surface area contributed by atoms with Gasteiger partial charge in [0.15, 0.2) is 0 Å². The van der Waals surface area contributed by atoms with E-state index in [9.17, 15) is 9.70 Å². The number of fused-ring (bicyclic) bond motifs is 1. The Kier molecular flexibility index (Phi) is 3.24. The molecule has 88 valence electrons. The molecule has 0 spiro atoms. The summed E-state index contributed by atoms with van der Waals surface area (Å²) >= 11 is 6.12. The van der Waals surface area contributed by atoms with Crippen molar-refractivity contribution in [2.45, 2.75) is 6.92 Å². The van der Waals surface area contributed by atoms with Crippen molar-refractivity contribution in [3.8, 4) is 0 Å². The number of esters is 1. The lowest BCUT2D eigenvalue weighted by Gasteiger charge is -2.12. The molecule has 2 rings (SSSR count). The first-order chi connectivity index (χ1) is 8.15. The van der Waals surface area contributed by atoms with Gasteiger partial charge in [0.1, 0.15) is 5.57 Å². The standard InChI is InChI=1S/C12H11ClNO3/c1-2-17-12(15)9-7-14(16)10-6-4-3-5-8(10)11(9)13/h3-6H,2,7H2,1H3/q+1. The van der Waals surface area contributed by atoms with Gasteiger partial charge in [0.25, 0.3) is 5.69 Å². The minimum Gasteiger partial charge on any atom is -0.462 e. The van der Waals surface area contributed by atoms with Crippen LogP contribution in [0.25, 0.3) is 5.03 Å². The van der Waals surface area contributed by atoms with E-state index < -0.39 is 5.97 Å². The molecular formula is C12H11ClNO3+. The molecule has 0 N–H and O–H groups in total. The summed E-state index contributed by atoms with van der Waals surface area (Å²) in [7, 11) is 0. The predicted octanol–water partition coefficient (Wildman–Crippen LogP) is 2.62. The second-order valence-corrected chi connectivity index (χ2v) is 3.94. The van der Waals surface area contributed by atoms with Gasteiger partial charge in [-0.15, -0.1) is 0 Å². The molecule has 0 amide bonds. The maximum absolute atomic E-state index is 11.8. The van der Waals surface area contributed by atoms with E-state index in [1.54, 1.807) is 31.2 Å². The summed E-state index contributed by atoms with van der Waals surface area (Å²) in [5, 5.41) is 0.297. The number of nitrogens with zero attached hydrogens (tertiary/aromatic N) is 1. The Morgan fingerprint density at radius 3 is 2.88 bits per heavy atom. The van der Waals surface area contributed by atoms with Gasteiger partial charge in [-0.2, -0.15) is 0 Å². The molecule has 0 unspecified atom stereocenters. The minimum atomic E-state index is -0.534. The number of nitroso groups, excluding NO2 is 1. The Balaban J connectivity index is 2.49. The van der Waals surface area contributed by atoms with Crippen molar-refractivity contribution in [3.05, 3.63) is 40.3 Å². The molecule has 1 aromatic carbocycles. The Morgan fingerprint density at radius 1 is 1.47 bits per heavy atom. The molecular weight excluding hydrogens is 242 g/mol. The monoisotopic (exact) mass is 252 g/mol. The van der Waals surface area contributed by atoms with Crippen LogP contribution in [0.15, 0.2) is 29.8 Å². The smallest absolute Gasteiger partial charge is 0.342 e. The van der Waals surface area contributed by atoms with Crippen LogP contribution >= 0.6 is 11.6 Å². The molecule has 0 atom stereocenters. The Labute approximate surface area is 103 Å². The zero-order valence-electron chi connectivity index (χ0n) is 9.27. The van der Waals surface area contributed by atoms with E-state index in [4.69, 9.17) is 16.3 Å². The number of carbonyl (C=O) groups excluding carboxylic acids is 1. The van der Waals surface area contributed by atoms with E-state index >= 15 is 0 Å². The maximum Gasteiger partial charge on any atom is 0.342 e. The molecule has 1 heterocycles. The van der Waals surface area contributed by atoms with Gasteiger partial charge in [-0.1, -0.05) is 23.7 Å². The van der Waals surface area contributed by atoms with E-state index in [2.05, 4.69) is 0 Å². The summed E-state index contributed by atoms with van der Waals surface area (Å²) in [6.45, 7) is 1.89. The second kappa shape index (κ2) is 4.67. The minimum absolute atomic E-state index is 0.0747. The van der Waals surface area contributed by atoms with Crippen molar-refractivity contribution in [1.29, 1.82) is 0 Å². The van der Waals surface area contributed by atoms with Crippen molar-refractivity contribution >= 4 is 28.3 Å². The van der Waals surface area contributed by atoms with Gasteiger partial charge in [-0.05, 0) is 13.0 Å². The Morgan fingerprint density at radius 2 is 2.18 bits per heavy atom. The highest BCUT2D eigenvalue weighted by Gasteiger charge is 2.34. The van der Waals surface area contributed by atoms with Crippen LogP contribution in [0.1, 0.15) is 12.5 Å². The molecule has 1 aliphatic heterocycles. The molecule has 5 heteroatoms. The van der Waals surface area contributed by atoms with E-state index in [-0.39, 0.29) is 18.7 Å².